The monoisotopic (exact) mass is 647 g/mol. The molecule has 6 aromatic carbocycles. The van der Waals surface area contributed by atoms with Gasteiger partial charge in [-0.2, -0.15) is 5.26 Å². The van der Waals surface area contributed by atoms with Gasteiger partial charge in [-0.25, -0.2) is 13.8 Å². The maximum absolute atomic E-state index is 14.9. The Balaban J connectivity index is 1.13. The van der Waals surface area contributed by atoms with E-state index in [9.17, 15) is 14.0 Å². The number of nitriles is 1. The van der Waals surface area contributed by atoms with Gasteiger partial charge in [0.05, 0.1) is 34.5 Å². The summed E-state index contributed by atoms with van der Waals surface area (Å²) >= 11 is 0. The number of ether oxygens (including phenoxy) is 1. The fraction of sp³-hybridized carbons (Fsp3) is 0.0227. The second-order valence-corrected chi connectivity index (χ2v) is 12.7. The van der Waals surface area contributed by atoms with Gasteiger partial charge in [-0.15, -0.1) is 0 Å². The fourth-order valence-electron chi connectivity index (χ4n) is 7.96. The van der Waals surface area contributed by atoms with Crippen molar-refractivity contribution in [2.45, 2.75) is 5.41 Å². The van der Waals surface area contributed by atoms with E-state index in [-0.39, 0.29) is 0 Å². The summed E-state index contributed by atoms with van der Waals surface area (Å²) in [6.07, 6.45) is 1.13. The van der Waals surface area contributed by atoms with Crippen molar-refractivity contribution in [2.24, 2.45) is 0 Å². The number of hydrogen-bond donors (Lipinski definition) is 0. The minimum absolute atomic E-state index is 0.334. The summed E-state index contributed by atoms with van der Waals surface area (Å²) in [6, 6.07) is 45.5. The molecule has 2 aliphatic rings. The Hall–Kier alpha value is -6.71. The molecule has 0 amide bonds. The van der Waals surface area contributed by atoms with E-state index in [4.69, 9.17) is 9.72 Å². The van der Waals surface area contributed by atoms with Gasteiger partial charge in [0.25, 0.3) is 0 Å². The lowest BCUT2D eigenvalue weighted by atomic mass is 9.65. The zero-order valence-corrected chi connectivity index (χ0v) is 26.3. The van der Waals surface area contributed by atoms with Crippen molar-refractivity contribution >= 4 is 21.8 Å². The Morgan fingerprint density at radius 1 is 0.600 bits per heavy atom. The smallest absolute Gasteiger partial charge is 0.142 e. The van der Waals surface area contributed by atoms with E-state index < -0.39 is 17.0 Å². The summed E-state index contributed by atoms with van der Waals surface area (Å²) < 4.78 is 35.4. The number of rotatable bonds is 2. The second kappa shape index (κ2) is 10.4. The minimum Gasteiger partial charge on any atom is -0.457 e. The van der Waals surface area contributed by atoms with Gasteiger partial charge < -0.3 is 4.74 Å². The van der Waals surface area contributed by atoms with Crippen LogP contribution in [0.5, 0.6) is 11.5 Å². The molecule has 234 valence electrons. The van der Waals surface area contributed by atoms with Gasteiger partial charge in [-0.1, -0.05) is 78.9 Å². The summed E-state index contributed by atoms with van der Waals surface area (Å²) in [7, 11) is 0. The van der Waals surface area contributed by atoms with Crippen LogP contribution in [0.25, 0.3) is 55.3 Å². The molecule has 1 spiro atoms. The fourth-order valence-corrected chi connectivity index (χ4v) is 7.96. The van der Waals surface area contributed by atoms with Crippen molar-refractivity contribution in [1.29, 1.82) is 5.26 Å². The highest BCUT2D eigenvalue weighted by atomic mass is 19.1. The molecule has 6 heteroatoms. The highest BCUT2D eigenvalue weighted by molar-refractivity contribution is 6.03. The Morgan fingerprint density at radius 3 is 2.00 bits per heavy atom. The third-order valence-electron chi connectivity index (χ3n) is 10.1. The Labute approximate surface area is 285 Å². The van der Waals surface area contributed by atoms with Gasteiger partial charge >= 0.3 is 0 Å². The van der Waals surface area contributed by atoms with Crippen molar-refractivity contribution in [3.8, 4) is 51.1 Å². The van der Waals surface area contributed by atoms with E-state index in [0.717, 1.165) is 67.8 Å². The maximum atomic E-state index is 14.9. The van der Waals surface area contributed by atoms with Crippen LogP contribution in [-0.4, -0.2) is 9.97 Å². The third kappa shape index (κ3) is 3.89. The lowest BCUT2D eigenvalue weighted by molar-refractivity contribution is 0.436. The Bertz CT molecular complexity index is 2740. The van der Waals surface area contributed by atoms with Crippen molar-refractivity contribution in [2.75, 3.05) is 0 Å². The lowest BCUT2D eigenvalue weighted by Gasteiger charge is -2.39. The van der Waals surface area contributed by atoms with Crippen LogP contribution in [0.2, 0.25) is 0 Å². The highest BCUT2D eigenvalue weighted by Gasteiger charge is 2.51. The molecule has 0 fully saturated rings. The molecule has 0 N–H and O–H groups in total. The van der Waals surface area contributed by atoms with E-state index in [1.165, 1.54) is 12.1 Å². The van der Waals surface area contributed by atoms with E-state index in [1.54, 1.807) is 18.2 Å². The van der Waals surface area contributed by atoms with Crippen LogP contribution in [0, 0.1) is 23.0 Å². The quantitative estimate of drug-likeness (QED) is 0.175. The number of pyridine rings is 2. The Morgan fingerprint density at radius 2 is 1.26 bits per heavy atom. The van der Waals surface area contributed by atoms with Crippen LogP contribution < -0.4 is 4.74 Å². The van der Waals surface area contributed by atoms with Crippen LogP contribution in [0.3, 0.4) is 0 Å². The number of benzene rings is 6. The maximum Gasteiger partial charge on any atom is 0.142 e. The van der Waals surface area contributed by atoms with Crippen molar-refractivity contribution in [3.05, 3.63) is 179 Å². The van der Waals surface area contributed by atoms with Gasteiger partial charge in [-0.05, 0) is 88.0 Å². The lowest BCUT2D eigenvalue weighted by Crippen LogP contribution is -2.32. The van der Waals surface area contributed by atoms with E-state index in [1.807, 2.05) is 30.3 Å². The molecule has 1 aliphatic carbocycles. The van der Waals surface area contributed by atoms with Gasteiger partial charge in [0.1, 0.15) is 28.7 Å². The average molecular weight is 648 g/mol. The first-order valence-corrected chi connectivity index (χ1v) is 16.2. The predicted octanol–water partition coefficient (Wildman–Crippen LogP) is 10.7. The molecule has 50 heavy (non-hydrogen) atoms. The molecule has 0 saturated heterocycles. The third-order valence-corrected chi connectivity index (χ3v) is 10.1. The summed E-state index contributed by atoms with van der Waals surface area (Å²) in [5.41, 5.74) is 10.8. The highest BCUT2D eigenvalue weighted by Crippen LogP contribution is 2.62. The van der Waals surface area contributed by atoms with Crippen LogP contribution in [-0.2, 0) is 5.41 Å². The molecule has 2 aromatic heterocycles. The zero-order chi connectivity index (χ0) is 33.6. The molecular formula is C44H23F2N3O. The van der Waals surface area contributed by atoms with Crippen molar-refractivity contribution < 1.29 is 13.5 Å². The molecule has 0 saturated carbocycles. The molecule has 0 radical (unpaired) electrons. The average Bonchev–Trinajstić information content (AvgIpc) is 3.45. The van der Waals surface area contributed by atoms with Gasteiger partial charge in [0.15, 0.2) is 0 Å². The molecule has 1 aliphatic heterocycles. The summed E-state index contributed by atoms with van der Waals surface area (Å²) in [6.45, 7) is 0. The van der Waals surface area contributed by atoms with Crippen LogP contribution in [0.1, 0.15) is 27.8 Å². The number of fused-ring (bicyclic) bond motifs is 12. The largest absolute Gasteiger partial charge is 0.457 e. The topological polar surface area (TPSA) is 58.8 Å². The van der Waals surface area contributed by atoms with Crippen LogP contribution in [0.15, 0.2) is 140 Å². The molecule has 8 aromatic rings. The SMILES string of the molecule is N#Cc1ccc2c(c1)C1(c3cc(-c4ccc(-c5ccc6c(F)cc7cc(F)cnc7c6n5)cc4)ccc3O2)c2ccccc2-c2ccccc21. The molecule has 0 unspecified atom stereocenters. The van der Waals surface area contributed by atoms with Crippen LogP contribution in [0.4, 0.5) is 8.78 Å². The molecule has 0 bridgehead atoms. The number of nitrogens with zero attached hydrogens (tertiary/aromatic N) is 3. The second-order valence-electron chi connectivity index (χ2n) is 12.7. The van der Waals surface area contributed by atoms with E-state index >= 15 is 0 Å². The van der Waals surface area contributed by atoms with Crippen molar-refractivity contribution in [1.82, 2.24) is 9.97 Å². The van der Waals surface area contributed by atoms with E-state index in [0.29, 0.717) is 33.1 Å². The molecule has 0 atom stereocenters. The Kier molecular flexibility index (Phi) is 5.89. The standard InChI is InChI=1S/C44H23F2N3O/c45-30-20-29-22-38(46)33-15-16-39(49-43(33)42(29)48-24-30)27-12-10-26(11-13-27)28-14-18-41-37(21-28)44(36-19-25(23-47)9-17-40(36)50-41)34-7-3-1-5-31(34)32-6-2-4-8-35(32)44/h1-22,24H. The predicted molar refractivity (Wildman–Crippen MR) is 190 cm³/mol. The normalized spacial score (nSPS) is 13.3. The molecule has 10 rings (SSSR count). The van der Waals surface area contributed by atoms with Gasteiger partial charge in [0.2, 0.25) is 0 Å². The molecule has 4 nitrogen and oxygen atoms in total. The number of halogens is 2. The summed E-state index contributed by atoms with van der Waals surface area (Å²) in [5, 5.41) is 10.6. The van der Waals surface area contributed by atoms with Crippen LogP contribution >= 0.6 is 0 Å². The first kappa shape index (κ1) is 28.3. The van der Waals surface area contributed by atoms with Gasteiger partial charge in [0, 0.05) is 27.5 Å². The summed E-state index contributed by atoms with van der Waals surface area (Å²) in [4.78, 5) is 9.01. The number of hydrogen-bond acceptors (Lipinski definition) is 4. The van der Waals surface area contributed by atoms with Gasteiger partial charge in [-0.3, -0.25) is 4.98 Å². The minimum atomic E-state index is -0.692. The first-order chi connectivity index (χ1) is 24.5. The van der Waals surface area contributed by atoms with E-state index in [2.05, 4.69) is 83.8 Å². The number of aromatic nitrogens is 2. The molecular weight excluding hydrogens is 624 g/mol. The first-order valence-electron chi connectivity index (χ1n) is 16.2. The van der Waals surface area contributed by atoms with Crippen molar-refractivity contribution in [3.63, 3.8) is 0 Å². The zero-order valence-electron chi connectivity index (χ0n) is 26.3. The molecule has 3 heterocycles. The summed E-state index contributed by atoms with van der Waals surface area (Å²) in [5.74, 6) is 0.501.